The third kappa shape index (κ3) is 3.42. The van der Waals surface area contributed by atoms with E-state index in [-0.39, 0.29) is 5.56 Å². The minimum absolute atomic E-state index is 0.153. The van der Waals surface area contributed by atoms with E-state index >= 15 is 0 Å². The Morgan fingerprint density at radius 3 is 2.88 bits per heavy atom. The lowest BCUT2D eigenvalue weighted by atomic mass is 10.4. The van der Waals surface area contributed by atoms with E-state index in [0.717, 1.165) is 24.2 Å². The van der Waals surface area contributed by atoms with Crippen molar-refractivity contribution in [2.45, 2.75) is 10.9 Å². The Morgan fingerprint density at radius 1 is 1.27 bits per heavy atom. The second-order valence-corrected chi connectivity index (χ2v) is 7.27. The van der Waals surface area contributed by atoms with Crippen LogP contribution in [-0.4, -0.2) is 50.5 Å². The van der Waals surface area contributed by atoms with Crippen LogP contribution in [0.3, 0.4) is 0 Å². The van der Waals surface area contributed by atoms with Crippen LogP contribution in [0.1, 0.15) is 5.69 Å². The topological polar surface area (TPSA) is 77.5 Å². The van der Waals surface area contributed by atoms with Gasteiger partial charge in [0.25, 0.3) is 5.56 Å². The van der Waals surface area contributed by atoms with Crippen LogP contribution in [0.25, 0.3) is 5.65 Å². The van der Waals surface area contributed by atoms with Crippen LogP contribution in [0.2, 0.25) is 5.02 Å². The van der Waals surface area contributed by atoms with Crippen molar-refractivity contribution < 1.29 is 4.74 Å². The molecule has 0 saturated carbocycles. The normalized spacial score (nSPS) is 14.9. The number of rotatable bonds is 4. The minimum atomic E-state index is -0.153. The Balaban J connectivity index is 1.52. The van der Waals surface area contributed by atoms with E-state index in [9.17, 15) is 4.79 Å². The van der Waals surface area contributed by atoms with Crippen LogP contribution in [0.4, 0.5) is 5.95 Å². The first-order valence-electron chi connectivity index (χ1n) is 8.14. The number of aromatic nitrogens is 5. The fraction of sp³-hybridized carbons (Fsp3) is 0.375. The highest BCUT2D eigenvalue weighted by Gasteiger charge is 2.18. The first-order valence-corrected chi connectivity index (χ1v) is 9.51. The summed E-state index contributed by atoms with van der Waals surface area (Å²) in [6.07, 6.45) is 1.57. The molecule has 0 atom stereocenters. The number of hydrogen-bond donors (Lipinski definition) is 0. The highest BCUT2D eigenvalue weighted by molar-refractivity contribution is 7.98. The molecule has 0 unspecified atom stereocenters. The number of thioether (sulfide) groups is 1. The van der Waals surface area contributed by atoms with Crippen molar-refractivity contribution in [3.05, 3.63) is 45.5 Å². The summed E-state index contributed by atoms with van der Waals surface area (Å²) in [5, 5.41) is 9.84. The number of hydrogen-bond acceptors (Lipinski definition) is 7. The van der Waals surface area contributed by atoms with Gasteiger partial charge in [-0.1, -0.05) is 23.4 Å². The molecule has 136 valence electrons. The average molecular weight is 393 g/mol. The van der Waals surface area contributed by atoms with Gasteiger partial charge < -0.3 is 9.64 Å². The van der Waals surface area contributed by atoms with E-state index in [0.29, 0.717) is 35.3 Å². The molecule has 26 heavy (non-hydrogen) atoms. The molecule has 1 aliphatic rings. The quantitative estimate of drug-likeness (QED) is 0.624. The molecule has 0 N–H and O–H groups in total. The first-order chi connectivity index (χ1) is 12.6. The maximum Gasteiger partial charge on any atom is 0.258 e. The van der Waals surface area contributed by atoms with Gasteiger partial charge in [0.15, 0.2) is 5.16 Å². The molecule has 0 aromatic carbocycles. The van der Waals surface area contributed by atoms with Gasteiger partial charge in [0.05, 0.1) is 23.9 Å². The Bertz CT molecular complexity index is 998. The van der Waals surface area contributed by atoms with E-state index in [4.69, 9.17) is 16.3 Å². The van der Waals surface area contributed by atoms with E-state index in [1.807, 2.05) is 11.6 Å². The zero-order chi connectivity index (χ0) is 18.1. The van der Waals surface area contributed by atoms with Crippen molar-refractivity contribution in [2.75, 3.05) is 31.2 Å². The van der Waals surface area contributed by atoms with E-state index in [1.165, 1.54) is 22.2 Å². The van der Waals surface area contributed by atoms with Gasteiger partial charge in [-0.25, -0.2) is 4.98 Å². The maximum absolute atomic E-state index is 12.2. The molecule has 1 aliphatic heterocycles. The molecule has 3 aromatic rings. The highest BCUT2D eigenvalue weighted by atomic mass is 35.5. The smallest absolute Gasteiger partial charge is 0.258 e. The van der Waals surface area contributed by atoms with Crippen LogP contribution in [0.5, 0.6) is 0 Å². The second-order valence-electron chi connectivity index (χ2n) is 5.89. The van der Waals surface area contributed by atoms with Gasteiger partial charge >= 0.3 is 0 Å². The van der Waals surface area contributed by atoms with Crippen LogP contribution in [0, 0.1) is 0 Å². The van der Waals surface area contributed by atoms with E-state index in [2.05, 4.69) is 20.1 Å². The molecular weight excluding hydrogens is 376 g/mol. The zero-order valence-electron chi connectivity index (χ0n) is 14.1. The number of pyridine rings is 1. The molecule has 0 amide bonds. The van der Waals surface area contributed by atoms with Crippen molar-refractivity contribution in [1.29, 1.82) is 0 Å². The molecule has 8 nitrogen and oxygen atoms in total. The van der Waals surface area contributed by atoms with E-state index in [1.54, 1.807) is 18.3 Å². The monoisotopic (exact) mass is 392 g/mol. The van der Waals surface area contributed by atoms with Gasteiger partial charge in [-0.05, 0) is 12.1 Å². The highest BCUT2D eigenvalue weighted by Crippen LogP contribution is 2.23. The lowest BCUT2D eigenvalue weighted by molar-refractivity contribution is 0.121. The van der Waals surface area contributed by atoms with Gasteiger partial charge in [0.2, 0.25) is 5.95 Å². The maximum atomic E-state index is 12.2. The molecule has 1 saturated heterocycles. The summed E-state index contributed by atoms with van der Waals surface area (Å²) >= 11 is 7.43. The minimum Gasteiger partial charge on any atom is -0.378 e. The number of halogens is 1. The number of morpholine rings is 1. The molecule has 0 aliphatic carbocycles. The first kappa shape index (κ1) is 17.3. The summed E-state index contributed by atoms with van der Waals surface area (Å²) in [5.41, 5.74) is 1.11. The fourth-order valence-electron chi connectivity index (χ4n) is 2.81. The Morgan fingerprint density at radius 2 is 2.08 bits per heavy atom. The summed E-state index contributed by atoms with van der Waals surface area (Å²) in [4.78, 5) is 18.9. The van der Waals surface area contributed by atoms with Gasteiger partial charge in [-0.2, -0.15) is 0 Å². The molecule has 10 heteroatoms. The summed E-state index contributed by atoms with van der Waals surface area (Å²) < 4.78 is 8.78. The molecule has 0 bridgehead atoms. The molecule has 0 radical (unpaired) electrons. The second kappa shape index (κ2) is 7.26. The van der Waals surface area contributed by atoms with Gasteiger partial charge in [0, 0.05) is 38.2 Å². The molecule has 4 heterocycles. The SMILES string of the molecule is Cn1c(SCc2cc(=O)n3cc(Cl)ccc3n2)nnc1N1CCOCC1. The van der Waals surface area contributed by atoms with E-state index < -0.39 is 0 Å². The molecule has 0 spiro atoms. The summed E-state index contributed by atoms with van der Waals surface area (Å²) in [5.74, 6) is 1.36. The van der Waals surface area contributed by atoms with Gasteiger partial charge in [0.1, 0.15) is 5.65 Å². The average Bonchev–Trinajstić information content (AvgIpc) is 3.02. The lowest BCUT2D eigenvalue weighted by Crippen LogP contribution is -2.37. The number of nitrogens with zero attached hydrogens (tertiary/aromatic N) is 6. The molecular formula is C16H17ClN6O2S. The third-order valence-corrected chi connectivity index (χ3v) is 5.41. The van der Waals surface area contributed by atoms with Crippen LogP contribution in [-0.2, 0) is 17.5 Å². The van der Waals surface area contributed by atoms with Crippen molar-refractivity contribution in [2.24, 2.45) is 7.05 Å². The summed E-state index contributed by atoms with van der Waals surface area (Å²) in [6, 6.07) is 4.98. The van der Waals surface area contributed by atoms with Crippen molar-refractivity contribution in [3.63, 3.8) is 0 Å². The number of fused-ring (bicyclic) bond motifs is 1. The van der Waals surface area contributed by atoms with Crippen molar-refractivity contribution in [1.82, 2.24) is 24.1 Å². The Hall–Kier alpha value is -2.10. The fourth-order valence-corrected chi connectivity index (χ4v) is 3.77. The van der Waals surface area contributed by atoms with Crippen LogP contribution < -0.4 is 10.5 Å². The predicted octanol–water partition coefficient (Wildman–Crippen LogP) is 1.61. The Labute approximate surface area is 158 Å². The van der Waals surface area contributed by atoms with Crippen LogP contribution >= 0.6 is 23.4 Å². The van der Waals surface area contributed by atoms with Gasteiger partial charge in [-0.3, -0.25) is 13.8 Å². The summed E-state index contributed by atoms with van der Waals surface area (Å²) in [6.45, 7) is 3.01. The summed E-state index contributed by atoms with van der Waals surface area (Å²) in [7, 11) is 1.94. The van der Waals surface area contributed by atoms with Crippen molar-refractivity contribution >= 4 is 35.0 Å². The Kier molecular flexibility index (Phi) is 4.84. The molecule has 1 fully saturated rings. The standard InChI is InChI=1S/C16H17ClN6O2S/c1-21-15(22-4-6-25-7-5-22)19-20-16(21)26-10-12-8-14(24)23-9-11(17)2-3-13(23)18-12/h2-3,8-9H,4-7,10H2,1H3. The lowest BCUT2D eigenvalue weighted by Gasteiger charge is -2.27. The van der Waals surface area contributed by atoms with Crippen molar-refractivity contribution in [3.8, 4) is 0 Å². The van der Waals surface area contributed by atoms with Gasteiger partial charge in [-0.15, -0.1) is 10.2 Å². The predicted molar refractivity (Wildman–Crippen MR) is 100 cm³/mol. The van der Waals surface area contributed by atoms with Crippen LogP contribution in [0.15, 0.2) is 34.3 Å². The number of anilines is 1. The molecule has 3 aromatic heterocycles. The zero-order valence-corrected chi connectivity index (χ0v) is 15.7. The third-order valence-electron chi connectivity index (χ3n) is 4.13. The largest absolute Gasteiger partial charge is 0.378 e. The molecule has 4 rings (SSSR count). The number of ether oxygens (including phenoxy) is 1.